The predicted octanol–water partition coefficient (Wildman–Crippen LogP) is 5.30. The van der Waals surface area contributed by atoms with Crippen LogP contribution in [-0.4, -0.2) is 26.4 Å². The zero-order chi connectivity index (χ0) is 20.9. The van der Waals surface area contributed by atoms with Gasteiger partial charge in [0.05, 0.1) is 0 Å². The summed E-state index contributed by atoms with van der Waals surface area (Å²) in [6.45, 7) is -0.514. The molecule has 152 valence electrons. The summed E-state index contributed by atoms with van der Waals surface area (Å²) < 4.78 is 18.7. The van der Waals surface area contributed by atoms with Gasteiger partial charge in [0.1, 0.15) is 23.2 Å². The third-order valence-electron chi connectivity index (χ3n) is 3.95. The number of aromatic nitrogens is 4. The number of hydrogen-bond donors (Lipinski definition) is 2. The lowest BCUT2D eigenvalue weighted by Gasteiger charge is -2.07. The van der Waals surface area contributed by atoms with Crippen LogP contribution in [0.2, 0.25) is 0 Å². The summed E-state index contributed by atoms with van der Waals surface area (Å²) in [7, 11) is 0. The molecule has 0 aliphatic carbocycles. The van der Waals surface area contributed by atoms with Crippen LogP contribution in [0.1, 0.15) is 5.56 Å². The first-order valence-corrected chi connectivity index (χ1v) is 10.9. The van der Waals surface area contributed by atoms with Gasteiger partial charge in [-0.25, -0.2) is 9.37 Å². The normalized spacial score (nSPS) is 10.7. The summed E-state index contributed by atoms with van der Waals surface area (Å²) in [6.07, 6.45) is 1.87. The summed E-state index contributed by atoms with van der Waals surface area (Å²) in [5.74, 6) is 1.31. The van der Waals surface area contributed by atoms with Crippen LogP contribution in [0, 0.1) is 0 Å². The van der Waals surface area contributed by atoms with Crippen molar-refractivity contribution in [3.63, 3.8) is 0 Å². The minimum absolute atomic E-state index is 0.345. The molecule has 0 saturated carbocycles. The number of nitrogens with zero attached hydrogens (tertiary/aromatic N) is 4. The highest BCUT2D eigenvalue weighted by Crippen LogP contribution is 2.32. The molecule has 3 N–H and O–H groups in total. The Kier molecular flexibility index (Phi) is 6.05. The molecule has 0 amide bonds. The Morgan fingerprint density at radius 2 is 1.97 bits per heavy atom. The molecule has 2 heterocycles. The van der Waals surface area contributed by atoms with Gasteiger partial charge in [0.2, 0.25) is 11.0 Å². The fourth-order valence-corrected chi connectivity index (χ4v) is 3.76. The van der Waals surface area contributed by atoms with Crippen LogP contribution < -0.4 is 15.8 Å². The van der Waals surface area contributed by atoms with Gasteiger partial charge in [-0.1, -0.05) is 47.4 Å². The molecule has 0 atom stereocenters. The number of nitrogens with two attached hydrogens (primary N) is 1. The van der Waals surface area contributed by atoms with Gasteiger partial charge in [-0.3, -0.25) is 0 Å². The predicted molar refractivity (Wildman–Crippen MR) is 118 cm³/mol. The fraction of sp³-hybridized carbons (Fsp3) is 0.100. The lowest BCUT2D eigenvalue weighted by molar-refractivity contribution is 0.456. The quantitative estimate of drug-likeness (QED) is 0.295. The van der Waals surface area contributed by atoms with Crippen LogP contribution in [0.25, 0.3) is 10.6 Å². The number of ether oxygens (including phenoxy) is 1. The highest BCUT2D eigenvalue weighted by Gasteiger charge is 2.10. The number of anilines is 3. The Hall–Kier alpha value is -3.24. The number of alkyl halides is 1. The van der Waals surface area contributed by atoms with Gasteiger partial charge in [0.15, 0.2) is 5.16 Å². The zero-order valence-corrected chi connectivity index (χ0v) is 17.5. The van der Waals surface area contributed by atoms with Crippen LogP contribution in [-0.2, 0) is 6.67 Å². The number of thioether (sulfide) groups is 1. The monoisotopic (exact) mass is 440 g/mol. The molecule has 0 saturated heterocycles. The largest absolute Gasteiger partial charge is 0.439 e. The topological polar surface area (TPSA) is 98.8 Å². The Morgan fingerprint density at radius 1 is 1.10 bits per heavy atom. The second kappa shape index (κ2) is 9.06. The maximum Gasteiger partial charge on any atom is 0.225 e. The molecule has 4 aromatic rings. The van der Waals surface area contributed by atoms with E-state index in [0.29, 0.717) is 33.3 Å². The SMILES string of the molecule is CSc1nc(N)cc(Oc2cccc(-c3nnc(Nc4cccc(CF)c4)s3)c2)n1. The molecule has 0 spiro atoms. The fourth-order valence-electron chi connectivity index (χ4n) is 2.62. The van der Waals surface area contributed by atoms with Crippen molar-refractivity contribution in [1.29, 1.82) is 0 Å². The van der Waals surface area contributed by atoms with Crippen LogP contribution in [0.5, 0.6) is 11.6 Å². The molecule has 7 nitrogen and oxygen atoms in total. The van der Waals surface area contributed by atoms with E-state index < -0.39 is 6.67 Å². The van der Waals surface area contributed by atoms with E-state index in [2.05, 4.69) is 25.5 Å². The number of hydrogen-bond acceptors (Lipinski definition) is 9. The lowest BCUT2D eigenvalue weighted by atomic mass is 10.2. The zero-order valence-electron chi connectivity index (χ0n) is 15.9. The molecule has 30 heavy (non-hydrogen) atoms. The molecule has 2 aromatic carbocycles. The van der Waals surface area contributed by atoms with Crippen molar-refractivity contribution in [2.75, 3.05) is 17.3 Å². The number of nitrogen functional groups attached to an aromatic ring is 1. The molecule has 0 aliphatic heterocycles. The molecule has 0 bridgehead atoms. The summed E-state index contributed by atoms with van der Waals surface area (Å²) in [5, 5.41) is 13.4. The number of benzene rings is 2. The Balaban J connectivity index is 1.52. The second-order valence-corrected chi connectivity index (χ2v) is 7.87. The van der Waals surface area contributed by atoms with E-state index in [4.69, 9.17) is 10.5 Å². The maximum absolute atomic E-state index is 12.8. The molecular weight excluding hydrogens is 423 g/mol. The van der Waals surface area contributed by atoms with Crippen LogP contribution in [0.4, 0.5) is 21.0 Å². The third-order valence-corrected chi connectivity index (χ3v) is 5.38. The van der Waals surface area contributed by atoms with Gasteiger partial charge in [0.25, 0.3) is 0 Å². The van der Waals surface area contributed by atoms with Crippen LogP contribution in [0.3, 0.4) is 0 Å². The second-order valence-electron chi connectivity index (χ2n) is 6.12. The molecule has 0 aliphatic rings. The van der Waals surface area contributed by atoms with E-state index >= 15 is 0 Å². The average Bonchev–Trinajstić information content (AvgIpc) is 3.22. The maximum atomic E-state index is 12.8. The number of rotatable bonds is 7. The Labute approximate surface area is 180 Å². The highest BCUT2D eigenvalue weighted by molar-refractivity contribution is 7.98. The van der Waals surface area contributed by atoms with Crippen LogP contribution >= 0.6 is 23.1 Å². The number of nitrogens with one attached hydrogen (secondary N) is 1. The van der Waals surface area contributed by atoms with Gasteiger partial charge in [0, 0.05) is 17.3 Å². The average molecular weight is 441 g/mol. The van der Waals surface area contributed by atoms with Gasteiger partial charge in [-0.2, -0.15) is 4.98 Å². The molecular formula is C20H17FN6OS2. The van der Waals surface area contributed by atoms with Crippen LogP contribution in [0.15, 0.2) is 59.8 Å². The first kappa shape index (κ1) is 20.0. The highest BCUT2D eigenvalue weighted by atomic mass is 32.2. The van der Waals surface area contributed by atoms with E-state index in [1.807, 2.05) is 36.6 Å². The smallest absolute Gasteiger partial charge is 0.225 e. The van der Waals surface area contributed by atoms with E-state index in [1.54, 1.807) is 24.3 Å². The van der Waals surface area contributed by atoms with E-state index in [1.165, 1.54) is 23.1 Å². The van der Waals surface area contributed by atoms with Crippen molar-refractivity contribution < 1.29 is 9.13 Å². The molecule has 0 fully saturated rings. The molecule has 2 aromatic heterocycles. The Bertz CT molecular complexity index is 1170. The van der Waals surface area contributed by atoms with Crippen molar-refractivity contribution in [2.45, 2.75) is 11.8 Å². The number of halogens is 1. The van der Waals surface area contributed by atoms with E-state index in [-0.39, 0.29) is 0 Å². The summed E-state index contributed by atoms with van der Waals surface area (Å²) in [5.41, 5.74) is 8.02. The molecule has 0 radical (unpaired) electrons. The van der Waals surface area contributed by atoms with E-state index in [9.17, 15) is 4.39 Å². The lowest BCUT2D eigenvalue weighted by Crippen LogP contribution is -1.97. The minimum Gasteiger partial charge on any atom is -0.439 e. The van der Waals surface area contributed by atoms with Crippen molar-refractivity contribution in [1.82, 2.24) is 20.2 Å². The minimum atomic E-state index is -0.514. The first-order chi connectivity index (χ1) is 14.6. The summed E-state index contributed by atoms with van der Waals surface area (Å²) in [4.78, 5) is 8.41. The van der Waals surface area contributed by atoms with Gasteiger partial charge in [-0.05, 0) is 36.1 Å². The van der Waals surface area contributed by atoms with Gasteiger partial charge < -0.3 is 15.8 Å². The third kappa shape index (κ3) is 4.84. The van der Waals surface area contributed by atoms with Gasteiger partial charge >= 0.3 is 0 Å². The van der Waals surface area contributed by atoms with Gasteiger partial charge in [-0.15, -0.1) is 10.2 Å². The van der Waals surface area contributed by atoms with E-state index in [0.717, 1.165) is 16.3 Å². The van der Waals surface area contributed by atoms with Crippen molar-refractivity contribution in [3.05, 3.63) is 60.2 Å². The summed E-state index contributed by atoms with van der Waals surface area (Å²) in [6, 6.07) is 16.2. The van der Waals surface area contributed by atoms with Crippen molar-refractivity contribution in [3.8, 4) is 22.2 Å². The molecule has 10 heteroatoms. The van der Waals surface area contributed by atoms with Crippen molar-refractivity contribution in [2.24, 2.45) is 0 Å². The first-order valence-electron chi connectivity index (χ1n) is 8.85. The summed E-state index contributed by atoms with van der Waals surface area (Å²) >= 11 is 2.77. The standard InChI is InChI=1S/C20H17FN6OS2/c1-29-19-24-16(22)10-17(25-19)28-15-7-3-5-13(9-15)18-26-27-20(30-18)23-14-6-2-4-12(8-14)11-21/h2-10H,11H2,1H3,(H,23,27)(H2,22,24,25). The Morgan fingerprint density at radius 3 is 2.80 bits per heavy atom. The molecule has 4 rings (SSSR count). The molecule has 0 unspecified atom stereocenters. The van der Waals surface area contributed by atoms with Crippen molar-refractivity contribution >= 4 is 39.7 Å².